The van der Waals surface area contributed by atoms with Crippen molar-refractivity contribution in [2.24, 2.45) is 0 Å². The van der Waals surface area contributed by atoms with Gasteiger partial charge in [0.2, 0.25) is 0 Å². The first kappa shape index (κ1) is 12.2. The van der Waals surface area contributed by atoms with Gasteiger partial charge in [-0.05, 0) is 74.0 Å². The minimum absolute atomic E-state index is 0.0928. The predicted octanol–water partition coefficient (Wildman–Crippen LogP) is 4.74. The average Bonchev–Trinajstić information content (AvgIpc) is 3.01. The molecule has 1 heteroatoms. The third-order valence-corrected chi connectivity index (χ3v) is 5.10. The van der Waals surface area contributed by atoms with Crippen LogP contribution < -0.4 is 0 Å². The molecule has 5 rings (SSSR count). The molecule has 0 amide bonds. The number of aliphatic hydroxyl groups excluding tert-OH is 1. The first-order valence-corrected chi connectivity index (χ1v) is 7.85. The Bertz CT molecular complexity index is 1060. The Balaban J connectivity index is 2.08. The molecule has 1 nitrogen and oxygen atoms in total. The van der Waals surface area contributed by atoms with Crippen molar-refractivity contribution < 1.29 is 5.11 Å². The van der Waals surface area contributed by atoms with E-state index in [4.69, 9.17) is 0 Å². The van der Waals surface area contributed by atoms with Crippen LogP contribution in [-0.2, 0) is 19.4 Å². The summed E-state index contributed by atoms with van der Waals surface area (Å²) >= 11 is 0. The summed E-state index contributed by atoms with van der Waals surface area (Å²) in [5.74, 6) is 0. The highest BCUT2D eigenvalue weighted by atomic mass is 16.3. The van der Waals surface area contributed by atoms with E-state index in [1.807, 2.05) is 6.07 Å². The van der Waals surface area contributed by atoms with Crippen LogP contribution >= 0.6 is 0 Å². The van der Waals surface area contributed by atoms with Gasteiger partial charge in [-0.15, -0.1) is 0 Å². The van der Waals surface area contributed by atoms with Crippen molar-refractivity contribution in [1.82, 2.24) is 0 Å². The highest BCUT2D eigenvalue weighted by Crippen LogP contribution is 2.40. The Morgan fingerprint density at radius 2 is 1.64 bits per heavy atom. The quantitative estimate of drug-likeness (QED) is 0.395. The molecule has 0 aromatic heterocycles. The van der Waals surface area contributed by atoms with Crippen LogP contribution in [0.1, 0.15) is 16.7 Å². The maximum absolute atomic E-state index is 9.78. The number of rotatable bonds is 1. The van der Waals surface area contributed by atoms with Crippen molar-refractivity contribution in [3.8, 4) is 0 Å². The van der Waals surface area contributed by atoms with E-state index < -0.39 is 0 Å². The van der Waals surface area contributed by atoms with E-state index in [1.54, 1.807) is 0 Å². The number of aliphatic hydroxyl groups is 1. The number of aryl methyl sites for hydroxylation is 2. The fourth-order valence-electron chi connectivity index (χ4n) is 4.13. The molecule has 1 aliphatic rings. The van der Waals surface area contributed by atoms with Crippen molar-refractivity contribution in [1.29, 1.82) is 0 Å². The maximum atomic E-state index is 9.78. The van der Waals surface area contributed by atoms with E-state index in [0.717, 1.165) is 18.4 Å². The molecule has 0 saturated carbocycles. The van der Waals surface area contributed by atoms with Crippen molar-refractivity contribution in [2.45, 2.75) is 19.4 Å². The van der Waals surface area contributed by atoms with Crippen molar-refractivity contribution in [3.63, 3.8) is 0 Å². The molecular formula is C21H16O. The number of benzene rings is 4. The number of fused-ring (bicyclic) bond motifs is 4. The van der Waals surface area contributed by atoms with Crippen LogP contribution in [-0.4, -0.2) is 5.11 Å². The Labute approximate surface area is 128 Å². The van der Waals surface area contributed by atoms with E-state index in [-0.39, 0.29) is 6.61 Å². The average molecular weight is 284 g/mol. The van der Waals surface area contributed by atoms with Gasteiger partial charge in [0.1, 0.15) is 0 Å². The highest BCUT2D eigenvalue weighted by molar-refractivity contribution is 6.16. The van der Waals surface area contributed by atoms with E-state index in [1.165, 1.54) is 43.4 Å². The first-order chi connectivity index (χ1) is 10.9. The van der Waals surface area contributed by atoms with Crippen LogP contribution in [0.2, 0.25) is 0 Å². The van der Waals surface area contributed by atoms with Crippen molar-refractivity contribution in [2.75, 3.05) is 0 Å². The van der Waals surface area contributed by atoms with Gasteiger partial charge < -0.3 is 5.11 Å². The fourth-order valence-corrected chi connectivity index (χ4v) is 4.13. The molecule has 1 N–H and O–H groups in total. The lowest BCUT2D eigenvalue weighted by Crippen LogP contribution is -1.91. The minimum Gasteiger partial charge on any atom is -0.392 e. The second-order valence-corrected chi connectivity index (χ2v) is 6.20. The molecule has 0 aliphatic heterocycles. The lowest BCUT2D eigenvalue weighted by atomic mass is 9.92. The summed E-state index contributed by atoms with van der Waals surface area (Å²) in [4.78, 5) is 0. The molecule has 4 aromatic carbocycles. The maximum Gasteiger partial charge on any atom is 0.0688 e. The molecule has 4 aromatic rings. The molecule has 0 unspecified atom stereocenters. The third kappa shape index (κ3) is 1.47. The zero-order valence-electron chi connectivity index (χ0n) is 12.3. The van der Waals surface area contributed by atoms with Crippen LogP contribution in [0, 0.1) is 0 Å². The van der Waals surface area contributed by atoms with E-state index in [9.17, 15) is 5.11 Å². The lowest BCUT2D eigenvalue weighted by Gasteiger charge is -2.13. The molecule has 0 heterocycles. The Morgan fingerprint density at radius 3 is 2.50 bits per heavy atom. The third-order valence-electron chi connectivity index (χ3n) is 5.10. The largest absolute Gasteiger partial charge is 0.392 e. The second-order valence-electron chi connectivity index (χ2n) is 6.20. The van der Waals surface area contributed by atoms with Gasteiger partial charge in [-0.3, -0.25) is 0 Å². The fraction of sp³-hybridized carbons (Fsp3) is 0.143. The standard InChI is InChI=1S/C21H16O/c22-12-15-11-20-18-9-8-13-4-3-5-14(21(13)18)10-19(20)17-7-2-1-6-16(15)17/h1-7,10-11,22H,8-9,12H2. The zero-order valence-corrected chi connectivity index (χ0v) is 12.3. The van der Waals surface area contributed by atoms with E-state index in [0.29, 0.717) is 0 Å². The molecule has 1 aliphatic carbocycles. The van der Waals surface area contributed by atoms with Crippen LogP contribution in [0.4, 0.5) is 0 Å². The van der Waals surface area contributed by atoms with E-state index in [2.05, 4.69) is 48.5 Å². The Hall–Kier alpha value is -2.38. The monoisotopic (exact) mass is 284 g/mol. The van der Waals surface area contributed by atoms with Crippen molar-refractivity contribution >= 4 is 32.3 Å². The highest BCUT2D eigenvalue weighted by Gasteiger charge is 2.18. The molecule has 0 fully saturated rings. The van der Waals surface area contributed by atoms with Crippen LogP contribution in [0.3, 0.4) is 0 Å². The summed E-state index contributed by atoms with van der Waals surface area (Å²) in [6.07, 6.45) is 2.24. The smallest absolute Gasteiger partial charge is 0.0688 e. The summed E-state index contributed by atoms with van der Waals surface area (Å²) in [7, 11) is 0. The predicted molar refractivity (Wildman–Crippen MR) is 92.3 cm³/mol. The summed E-state index contributed by atoms with van der Waals surface area (Å²) < 4.78 is 0. The summed E-state index contributed by atoms with van der Waals surface area (Å²) in [5.41, 5.74) is 3.96. The Kier molecular flexibility index (Phi) is 2.39. The Morgan fingerprint density at radius 1 is 0.773 bits per heavy atom. The van der Waals surface area contributed by atoms with Crippen LogP contribution in [0.25, 0.3) is 32.3 Å². The second kappa shape index (κ2) is 4.31. The van der Waals surface area contributed by atoms with Crippen LogP contribution in [0.5, 0.6) is 0 Å². The molecular weight excluding hydrogens is 268 g/mol. The van der Waals surface area contributed by atoms with Gasteiger partial charge >= 0.3 is 0 Å². The topological polar surface area (TPSA) is 20.2 Å². The summed E-state index contributed by atoms with van der Waals surface area (Å²) in [5, 5.41) is 17.6. The van der Waals surface area contributed by atoms with Crippen molar-refractivity contribution in [3.05, 3.63) is 71.3 Å². The number of hydrogen-bond acceptors (Lipinski definition) is 1. The zero-order chi connectivity index (χ0) is 14.7. The van der Waals surface area contributed by atoms with Gasteiger partial charge in [-0.2, -0.15) is 0 Å². The molecule has 22 heavy (non-hydrogen) atoms. The van der Waals surface area contributed by atoms with Gasteiger partial charge in [0.15, 0.2) is 0 Å². The molecule has 0 bridgehead atoms. The van der Waals surface area contributed by atoms with Gasteiger partial charge in [0, 0.05) is 0 Å². The first-order valence-electron chi connectivity index (χ1n) is 7.85. The molecule has 0 atom stereocenters. The SMILES string of the molecule is OCc1cc2c3c4c(cccc4cc2c2ccccc12)CC3. The van der Waals surface area contributed by atoms with Gasteiger partial charge in [-0.25, -0.2) is 0 Å². The number of hydrogen-bond donors (Lipinski definition) is 1. The van der Waals surface area contributed by atoms with Crippen LogP contribution in [0.15, 0.2) is 54.6 Å². The normalized spacial score (nSPS) is 13.5. The van der Waals surface area contributed by atoms with Gasteiger partial charge in [0.05, 0.1) is 6.61 Å². The molecule has 106 valence electrons. The lowest BCUT2D eigenvalue weighted by molar-refractivity contribution is 0.283. The van der Waals surface area contributed by atoms with E-state index >= 15 is 0 Å². The van der Waals surface area contributed by atoms with Gasteiger partial charge in [-0.1, -0.05) is 42.5 Å². The molecule has 0 saturated heterocycles. The molecule has 0 spiro atoms. The van der Waals surface area contributed by atoms with Gasteiger partial charge in [0.25, 0.3) is 0 Å². The molecule has 0 radical (unpaired) electrons. The minimum atomic E-state index is 0.0928. The summed E-state index contributed by atoms with van der Waals surface area (Å²) in [6, 6.07) is 19.6. The summed E-state index contributed by atoms with van der Waals surface area (Å²) in [6.45, 7) is 0.0928.